The number of para-hydroxylation sites is 1. The van der Waals surface area contributed by atoms with Crippen LogP contribution in [0.1, 0.15) is 36.7 Å². The molecule has 1 aliphatic heterocycles. The van der Waals surface area contributed by atoms with Crippen LogP contribution in [-0.2, 0) is 9.53 Å². The van der Waals surface area contributed by atoms with E-state index in [1.807, 2.05) is 13.0 Å². The zero-order chi connectivity index (χ0) is 21.1. The molecular formula is C23H23N3O4. The van der Waals surface area contributed by atoms with Crippen molar-refractivity contribution in [1.29, 1.82) is 0 Å². The van der Waals surface area contributed by atoms with Gasteiger partial charge in [0.15, 0.2) is 12.3 Å². The lowest BCUT2D eigenvalue weighted by atomic mass is 10.0. The van der Waals surface area contributed by atoms with Crippen molar-refractivity contribution in [3.63, 3.8) is 0 Å². The number of aromatic nitrogens is 2. The van der Waals surface area contributed by atoms with E-state index >= 15 is 0 Å². The van der Waals surface area contributed by atoms with Gasteiger partial charge in [-0.2, -0.15) is 9.78 Å². The number of likely N-dealkylation sites (tertiary alicyclic amines) is 1. The van der Waals surface area contributed by atoms with Gasteiger partial charge in [0.1, 0.15) is 0 Å². The third-order valence-electron chi connectivity index (χ3n) is 5.45. The summed E-state index contributed by atoms with van der Waals surface area (Å²) in [5, 5.41) is 5.04. The van der Waals surface area contributed by atoms with Gasteiger partial charge in [-0.25, -0.2) is 4.79 Å². The van der Waals surface area contributed by atoms with Crippen LogP contribution in [0.25, 0.3) is 16.5 Å². The zero-order valence-electron chi connectivity index (χ0n) is 16.8. The van der Waals surface area contributed by atoms with Gasteiger partial charge in [-0.1, -0.05) is 36.4 Å². The van der Waals surface area contributed by atoms with E-state index in [0.717, 1.165) is 19.3 Å². The maximum Gasteiger partial charge on any atom is 0.359 e. The van der Waals surface area contributed by atoms with Crippen molar-refractivity contribution in [1.82, 2.24) is 14.7 Å². The van der Waals surface area contributed by atoms with Gasteiger partial charge in [-0.15, -0.1) is 0 Å². The average molecular weight is 405 g/mol. The molecule has 3 aromatic rings. The van der Waals surface area contributed by atoms with Crippen molar-refractivity contribution in [3.8, 4) is 5.69 Å². The molecule has 1 amide bonds. The molecule has 154 valence electrons. The second-order valence-electron chi connectivity index (χ2n) is 7.45. The molecule has 30 heavy (non-hydrogen) atoms. The zero-order valence-corrected chi connectivity index (χ0v) is 16.8. The third kappa shape index (κ3) is 3.83. The Kier molecular flexibility index (Phi) is 5.61. The van der Waals surface area contributed by atoms with E-state index in [1.165, 1.54) is 4.68 Å². The van der Waals surface area contributed by atoms with Gasteiger partial charge >= 0.3 is 5.97 Å². The molecule has 1 aliphatic rings. The van der Waals surface area contributed by atoms with Crippen molar-refractivity contribution in [2.24, 2.45) is 0 Å². The van der Waals surface area contributed by atoms with Crippen molar-refractivity contribution < 1.29 is 14.3 Å². The Balaban J connectivity index is 1.64. The molecule has 4 rings (SSSR count). The number of piperidine rings is 1. The average Bonchev–Trinajstić information content (AvgIpc) is 2.78. The Hall–Kier alpha value is -3.48. The molecule has 0 saturated carbocycles. The minimum atomic E-state index is -0.728. The number of carbonyl (C=O) groups excluding carboxylic acids is 2. The minimum Gasteiger partial charge on any atom is -0.451 e. The van der Waals surface area contributed by atoms with Gasteiger partial charge in [0, 0.05) is 18.0 Å². The van der Waals surface area contributed by atoms with Crippen LogP contribution in [0.15, 0.2) is 59.4 Å². The van der Waals surface area contributed by atoms with Crippen molar-refractivity contribution in [2.45, 2.75) is 32.2 Å². The third-order valence-corrected chi connectivity index (χ3v) is 5.45. The standard InChI is InChI=1S/C23H23N3O4/c1-16-9-7-8-14-25(16)20(27)15-30-23(29)21-18-12-5-6-13-19(18)22(28)26(24-21)17-10-3-2-4-11-17/h2-6,10-13,16H,7-9,14-15H2,1H3/t16-/m1/s1. The number of carbonyl (C=O) groups is 2. The van der Waals surface area contributed by atoms with Crippen molar-refractivity contribution >= 4 is 22.6 Å². The monoisotopic (exact) mass is 405 g/mol. The summed E-state index contributed by atoms with van der Waals surface area (Å²) in [6, 6.07) is 15.8. The summed E-state index contributed by atoms with van der Waals surface area (Å²) in [6.45, 7) is 2.34. The molecule has 0 radical (unpaired) electrons. The van der Waals surface area contributed by atoms with Crippen LogP contribution in [0.4, 0.5) is 0 Å². The lowest BCUT2D eigenvalue weighted by molar-refractivity contribution is -0.137. The van der Waals surface area contributed by atoms with E-state index in [4.69, 9.17) is 4.74 Å². The number of benzene rings is 2. The second kappa shape index (κ2) is 8.49. The van der Waals surface area contributed by atoms with E-state index in [2.05, 4.69) is 5.10 Å². The molecule has 0 aliphatic carbocycles. The van der Waals surface area contributed by atoms with Crippen LogP contribution < -0.4 is 5.56 Å². The fourth-order valence-corrected chi connectivity index (χ4v) is 3.83. The van der Waals surface area contributed by atoms with Gasteiger partial charge < -0.3 is 9.64 Å². The van der Waals surface area contributed by atoms with Crippen LogP contribution in [0.3, 0.4) is 0 Å². The Bertz CT molecular complexity index is 1140. The molecule has 1 atom stereocenters. The fraction of sp³-hybridized carbons (Fsp3) is 0.304. The molecule has 7 nitrogen and oxygen atoms in total. The Labute approximate surface area is 173 Å². The highest BCUT2D eigenvalue weighted by Crippen LogP contribution is 2.18. The second-order valence-corrected chi connectivity index (χ2v) is 7.45. The first-order valence-corrected chi connectivity index (χ1v) is 10.1. The summed E-state index contributed by atoms with van der Waals surface area (Å²) in [4.78, 5) is 40.0. The van der Waals surface area contributed by atoms with E-state index < -0.39 is 5.97 Å². The SMILES string of the molecule is C[C@@H]1CCCCN1C(=O)COC(=O)c1nn(-c2ccccc2)c(=O)c2ccccc12. The van der Waals surface area contributed by atoms with E-state index in [-0.39, 0.29) is 29.8 Å². The number of rotatable bonds is 4. The summed E-state index contributed by atoms with van der Waals surface area (Å²) < 4.78 is 6.51. The van der Waals surface area contributed by atoms with Gasteiger partial charge in [0.2, 0.25) is 0 Å². The maximum atomic E-state index is 12.9. The van der Waals surface area contributed by atoms with Crippen LogP contribution in [0.2, 0.25) is 0 Å². The first kappa shape index (κ1) is 19.8. The Morgan fingerprint density at radius 1 is 1.03 bits per heavy atom. The van der Waals surface area contributed by atoms with Crippen LogP contribution >= 0.6 is 0 Å². The normalized spacial score (nSPS) is 16.4. The molecule has 1 saturated heterocycles. The number of amides is 1. The molecular weight excluding hydrogens is 382 g/mol. The molecule has 1 fully saturated rings. The van der Waals surface area contributed by atoms with E-state index in [1.54, 1.807) is 53.4 Å². The van der Waals surface area contributed by atoms with Crippen molar-refractivity contribution in [3.05, 3.63) is 70.6 Å². The maximum absolute atomic E-state index is 12.9. The fourth-order valence-electron chi connectivity index (χ4n) is 3.83. The summed E-state index contributed by atoms with van der Waals surface area (Å²) in [5.41, 5.74) is 0.223. The Morgan fingerprint density at radius 3 is 2.47 bits per heavy atom. The van der Waals surface area contributed by atoms with Crippen LogP contribution in [0.5, 0.6) is 0 Å². The number of nitrogens with zero attached hydrogens (tertiary/aromatic N) is 3. The highest BCUT2D eigenvalue weighted by molar-refractivity contribution is 6.02. The molecule has 0 spiro atoms. The lowest BCUT2D eigenvalue weighted by Crippen LogP contribution is -2.44. The van der Waals surface area contributed by atoms with Gasteiger partial charge in [0.25, 0.3) is 11.5 Å². The highest BCUT2D eigenvalue weighted by atomic mass is 16.5. The van der Waals surface area contributed by atoms with Gasteiger partial charge in [0.05, 0.1) is 11.1 Å². The summed E-state index contributed by atoms with van der Waals surface area (Å²) in [6.07, 6.45) is 3.01. The summed E-state index contributed by atoms with van der Waals surface area (Å²) >= 11 is 0. The number of hydrogen-bond acceptors (Lipinski definition) is 5. The lowest BCUT2D eigenvalue weighted by Gasteiger charge is -2.33. The first-order valence-electron chi connectivity index (χ1n) is 10.1. The first-order chi connectivity index (χ1) is 14.6. The van der Waals surface area contributed by atoms with Crippen LogP contribution in [-0.4, -0.2) is 45.8 Å². The van der Waals surface area contributed by atoms with Crippen molar-refractivity contribution in [2.75, 3.05) is 13.2 Å². The number of fused-ring (bicyclic) bond motifs is 1. The highest BCUT2D eigenvalue weighted by Gasteiger charge is 2.25. The van der Waals surface area contributed by atoms with Gasteiger partial charge in [-0.05, 0) is 44.4 Å². The quantitative estimate of drug-likeness (QED) is 0.624. The summed E-state index contributed by atoms with van der Waals surface area (Å²) in [7, 11) is 0. The largest absolute Gasteiger partial charge is 0.451 e. The minimum absolute atomic E-state index is 0.00791. The molecule has 0 bridgehead atoms. The summed E-state index contributed by atoms with van der Waals surface area (Å²) in [5.74, 6) is -0.940. The Morgan fingerprint density at radius 2 is 1.73 bits per heavy atom. The molecule has 0 N–H and O–H groups in total. The predicted molar refractivity (Wildman–Crippen MR) is 113 cm³/mol. The molecule has 7 heteroatoms. The smallest absolute Gasteiger partial charge is 0.359 e. The van der Waals surface area contributed by atoms with Gasteiger partial charge in [-0.3, -0.25) is 9.59 Å². The van der Waals surface area contributed by atoms with Crippen LogP contribution in [0, 0.1) is 0 Å². The topological polar surface area (TPSA) is 81.5 Å². The molecule has 2 aromatic carbocycles. The van der Waals surface area contributed by atoms with E-state index in [9.17, 15) is 14.4 Å². The number of esters is 1. The predicted octanol–water partition coefficient (Wildman–Crippen LogP) is 2.94. The molecule has 1 aromatic heterocycles. The number of hydrogen-bond donors (Lipinski definition) is 0. The number of ether oxygens (including phenoxy) is 1. The molecule has 0 unspecified atom stereocenters. The molecule has 2 heterocycles. The van der Waals surface area contributed by atoms with E-state index in [0.29, 0.717) is 23.0 Å².